The molecule has 0 saturated carbocycles. The maximum absolute atomic E-state index is 14.7. The lowest BCUT2D eigenvalue weighted by molar-refractivity contribution is 0.122. The number of hydrogen-bond acceptors (Lipinski definition) is 7. The molecule has 3 aromatic rings. The van der Waals surface area contributed by atoms with E-state index in [1.54, 1.807) is 23.1 Å². The monoisotopic (exact) mass is 407 g/mol. The smallest absolute Gasteiger partial charge is 0.227 e. The van der Waals surface area contributed by atoms with Crippen LogP contribution in [0.1, 0.15) is 12.0 Å². The molecule has 1 aliphatic heterocycles. The van der Waals surface area contributed by atoms with Crippen LogP contribution in [0.5, 0.6) is 0 Å². The van der Waals surface area contributed by atoms with Crippen LogP contribution in [0.15, 0.2) is 36.8 Å². The summed E-state index contributed by atoms with van der Waals surface area (Å²) >= 11 is 0. The molecule has 0 aliphatic carbocycles. The molecule has 0 radical (unpaired) electrons. The van der Waals surface area contributed by atoms with Gasteiger partial charge in [-0.15, -0.1) is 0 Å². The lowest BCUT2D eigenvalue weighted by atomic mass is 10.1. The van der Waals surface area contributed by atoms with E-state index in [-0.39, 0.29) is 5.82 Å². The van der Waals surface area contributed by atoms with Gasteiger partial charge in [-0.1, -0.05) is 0 Å². The van der Waals surface area contributed by atoms with Crippen LogP contribution in [-0.2, 0) is 11.3 Å². The molecule has 0 unspecified atom stereocenters. The van der Waals surface area contributed by atoms with E-state index in [1.165, 1.54) is 6.07 Å². The zero-order chi connectivity index (χ0) is 20.9. The predicted octanol–water partition coefficient (Wildman–Crippen LogP) is 3.28. The van der Waals surface area contributed by atoms with Gasteiger partial charge in [0.2, 0.25) is 5.95 Å². The van der Waals surface area contributed by atoms with Crippen molar-refractivity contribution < 1.29 is 9.13 Å². The minimum absolute atomic E-state index is 0.304. The average Bonchev–Trinajstić information content (AvgIpc) is 3.24. The van der Waals surface area contributed by atoms with Crippen molar-refractivity contribution in [2.75, 3.05) is 36.5 Å². The first kappa shape index (κ1) is 19.8. The fourth-order valence-corrected chi connectivity index (χ4v) is 3.31. The highest BCUT2D eigenvalue weighted by molar-refractivity contribution is 5.65. The molecule has 8 nitrogen and oxygen atoms in total. The molecular weight excluding hydrogens is 385 g/mol. The van der Waals surface area contributed by atoms with Gasteiger partial charge >= 0.3 is 0 Å². The van der Waals surface area contributed by atoms with Gasteiger partial charge in [0.15, 0.2) is 0 Å². The molecule has 2 aromatic heterocycles. The van der Waals surface area contributed by atoms with Gasteiger partial charge < -0.3 is 15.0 Å². The van der Waals surface area contributed by atoms with Gasteiger partial charge in [-0.2, -0.15) is 10.4 Å². The third-order valence-electron chi connectivity index (χ3n) is 4.91. The maximum Gasteiger partial charge on any atom is 0.227 e. The van der Waals surface area contributed by atoms with Crippen LogP contribution in [-0.4, -0.2) is 46.1 Å². The SMILES string of the molecule is Cc1cnc(Nc2ccc(N3CCOCC3)cc2F)nc1-c1cnn(CCC#N)c1. The number of benzene rings is 1. The van der Waals surface area contributed by atoms with Gasteiger partial charge in [0, 0.05) is 36.7 Å². The van der Waals surface area contributed by atoms with Crippen LogP contribution in [0, 0.1) is 24.1 Å². The first-order valence-electron chi connectivity index (χ1n) is 9.77. The Hall–Kier alpha value is -3.51. The van der Waals surface area contributed by atoms with Crippen LogP contribution in [0.25, 0.3) is 11.3 Å². The highest BCUT2D eigenvalue weighted by Crippen LogP contribution is 2.26. The highest BCUT2D eigenvalue weighted by Gasteiger charge is 2.15. The van der Waals surface area contributed by atoms with Gasteiger partial charge in [-0.25, -0.2) is 14.4 Å². The van der Waals surface area contributed by atoms with Gasteiger partial charge in [-0.05, 0) is 30.7 Å². The number of morpholine rings is 1. The molecule has 9 heteroatoms. The highest BCUT2D eigenvalue weighted by atomic mass is 19.1. The Morgan fingerprint density at radius 3 is 2.87 bits per heavy atom. The van der Waals surface area contributed by atoms with E-state index in [9.17, 15) is 4.39 Å². The van der Waals surface area contributed by atoms with Gasteiger partial charge in [0.05, 0.1) is 49.8 Å². The van der Waals surface area contributed by atoms with E-state index >= 15 is 0 Å². The number of nitrogens with one attached hydrogen (secondary N) is 1. The molecule has 1 aliphatic rings. The summed E-state index contributed by atoms with van der Waals surface area (Å²) in [5.41, 5.74) is 3.55. The van der Waals surface area contributed by atoms with Crippen LogP contribution in [0.3, 0.4) is 0 Å². The molecule has 0 amide bonds. The van der Waals surface area contributed by atoms with Gasteiger partial charge in [0.1, 0.15) is 5.82 Å². The van der Waals surface area contributed by atoms with E-state index in [0.29, 0.717) is 43.5 Å². The van der Waals surface area contributed by atoms with E-state index in [2.05, 4.69) is 31.4 Å². The number of ether oxygens (including phenoxy) is 1. The largest absolute Gasteiger partial charge is 0.378 e. The van der Waals surface area contributed by atoms with Crippen molar-refractivity contribution in [3.8, 4) is 17.3 Å². The topological polar surface area (TPSA) is 91.9 Å². The second-order valence-electron chi connectivity index (χ2n) is 7.01. The number of rotatable bonds is 6. The van der Waals surface area contributed by atoms with Gasteiger partial charge in [-0.3, -0.25) is 4.68 Å². The molecule has 0 bridgehead atoms. The lowest BCUT2D eigenvalue weighted by Crippen LogP contribution is -2.36. The quantitative estimate of drug-likeness (QED) is 0.670. The number of anilines is 3. The van der Waals surface area contributed by atoms with E-state index in [1.807, 2.05) is 19.2 Å². The Balaban J connectivity index is 1.53. The van der Waals surface area contributed by atoms with Gasteiger partial charge in [0.25, 0.3) is 0 Å². The Morgan fingerprint density at radius 1 is 1.27 bits per heavy atom. The summed E-state index contributed by atoms with van der Waals surface area (Å²) in [6.07, 6.45) is 5.62. The lowest BCUT2D eigenvalue weighted by Gasteiger charge is -2.29. The number of aryl methyl sites for hydroxylation is 2. The second-order valence-corrected chi connectivity index (χ2v) is 7.01. The normalized spacial score (nSPS) is 13.8. The summed E-state index contributed by atoms with van der Waals surface area (Å²) in [5, 5.41) is 16.0. The van der Waals surface area contributed by atoms with Crippen molar-refractivity contribution in [1.29, 1.82) is 5.26 Å². The molecule has 1 fully saturated rings. The van der Waals surface area contributed by atoms with Crippen molar-refractivity contribution >= 4 is 17.3 Å². The van der Waals surface area contributed by atoms with Crippen LogP contribution >= 0.6 is 0 Å². The van der Waals surface area contributed by atoms with Crippen molar-refractivity contribution in [3.63, 3.8) is 0 Å². The maximum atomic E-state index is 14.7. The molecule has 30 heavy (non-hydrogen) atoms. The Labute approximate surface area is 173 Å². The van der Waals surface area contributed by atoms with Crippen LogP contribution in [0.2, 0.25) is 0 Å². The fraction of sp³-hybridized carbons (Fsp3) is 0.333. The standard InChI is InChI=1S/C21H22FN7O/c1-15-12-24-21(27-20(15)16-13-25-29(14-16)6-2-5-23)26-19-4-3-17(11-18(19)22)28-7-9-30-10-8-28/h3-4,11-14H,2,6-10H2,1H3,(H,24,26,27). The number of halogens is 1. The predicted molar refractivity (Wildman–Crippen MR) is 111 cm³/mol. The number of aromatic nitrogens is 4. The Bertz CT molecular complexity index is 1070. The molecule has 0 spiro atoms. The number of nitrogens with zero attached hydrogens (tertiary/aromatic N) is 6. The summed E-state index contributed by atoms with van der Waals surface area (Å²) in [5.74, 6) is -0.0626. The Kier molecular flexibility index (Phi) is 5.86. The molecule has 1 saturated heterocycles. The van der Waals surface area contributed by atoms with Crippen LogP contribution < -0.4 is 10.2 Å². The molecule has 1 N–H and O–H groups in total. The Morgan fingerprint density at radius 2 is 2.10 bits per heavy atom. The fourth-order valence-electron chi connectivity index (χ4n) is 3.31. The third kappa shape index (κ3) is 4.39. The van der Waals surface area contributed by atoms with Crippen molar-refractivity contribution in [1.82, 2.24) is 19.7 Å². The molecule has 4 rings (SSSR count). The zero-order valence-electron chi connectivity index (χ0n) is 16.7. The molecular formula is C21H22FN7O. The summed E-state index contributed by atoms with van der Waals surface area (Å²) in [7, 11) is 0. The molecule has 3 heterocycles. The summed E-state index contributed by atoms with van der Waals surface area (Å²) in [6, 6.07) is 7.20. The summed E-state index contributed by atoms with van der Waals surface area (Å²) in [6.45, 7) is 5.22. The van der Waals surface area contributed by atoms with Crippen molar-refractivity contribution in [3.05, 3.63) is 48.2 Å². The summed E-state index contributed by atoms with van der Waals surface area (Å²) in [4.78, 5) is 10.9. The molecule has 154 valence electrons. The third-order valence-corrected chi connectivity index (χ3v) is 4.91. The van der Waals surface area contributed by atoms with Crippen LogP contribution in [0.4, 0.5) is 21.7 Å². The first-order valence-corrected chi connectivity index (χ1v) is 9.77. The number of hydrogen-bond donors (Lipinski definition) is 1. The van der Waals surface area contributed by atoms with E-state index in [4.69, 9.17) is 10.00 Å². The molecule has 1 aromatic carbocycles. The van der Waals surface area contributed by atoms with E-state index < -0.39 is 0 Å². The van der Waals surface area contributed by atoms with E-state index in [0.717, 1.165) is 29.9 Å². The minimum Gasteiger partial charge on any atom is -0.378 e. The zero-order valence-corrected chi connectivity index (χ0v) is 16.7. The van der Waals surface area contributed by atoms with Crippen molar-refractivity contribution in [2.45, 2.75) is 19.9 Å². The second kappa shape index (κ2) is 8.88. The number of nitriles is 1. The average molecular weight is 407 g/mol. The first-order chi connectivity index (χ1) is 14.6. The van der Waals surface area contributed by atoms with Crippen molar-refractivity contribution in [2.24, 2.45) is 0 Å². The minimum atomic E-state index is -0.367. The molecule has 0 atom stereocenters. The summed E-state index contributed by atoms with van der Waals surface area (Å²) < 4.78 is 21.8.